The number of rotatable bonds is 4. The lowest BCUT2D eigenvalue weighted by atomic mass is 9.65. The highest BCUT2D eigenvalue weighted by Gasteiger charge is 2.37. The molecule has 0 spiro atoms. The third-order valence-electron chi connectivity index (χ3n) is 4.72. The van der Waals surface area contributed by atoms with E-state index in [2.05, 4.69) is 37.6 Å². The Morgan fingerprint density at radius 2 is 2.17 bits per heavy atom. The molecule has 0 saturated heterocycles. The van der Waals surface area contributed by atoms with Crippen molar-refractivity contribution < 1.29 is 5.11 Å². The van der Waals surface area contributed by atoms with Gasteiger partial charge in [-0.15, -0.1) is 0 Å². The van der Waals surface area contributed by atoms with Crippen LogP contribution in [0.4, 0.5) is 0 Å². The van der Waals surface area contributed by atoms with Gasteiger partial charge < -0.3 is 5.11 Å². The molecule has 1 nitrogen and oxygen atoms in total. The predicted molar refractivity (Wildman–Crippen MR) is 78.9 cm³/mol. The second kappa shape index (κ2) is 5.75. The Hall–Kier alpha value is -0.340. The van der Waals surface area contributed by atoms with Crippen LogP contribution < -0.4 is 0 Å². The number of hydrogen-bond donors (Lipinski definition) is 1. The summed E-state index contributed by atoms with van der Waals surface area (Å²) in [5, 5.41) is 14.7. The van der Waals surface area contributed by atoms with Crippen molar-refractivity contribution in [3.63, 3.8) is 0 Å². The molecule has 1 aliphatic carbocycles. The average molecular weight is 266 g/mol. The van der Waals surface area contributed by atoms with Gasteiger partial charge in [0.15, 0.2) is 0 Å². The zero-order chi connectivity index (χ0) is 13.2. The van der Waals surface area contributed by atoms with Gasteiger partial charge in [-0.05, 0) is 65.3 Å². The molecule has 1 aromatic rings. The van der Waals surface area contributed by atoms with E-state index in [9.17, 15) is 5.11 Å². The topological polar surface area (TPSA) is 20.2 Å². The average Bonchev–Trinajstić information content (AvgIpc) is 2.78. The summed E-state index contributed by atoms with van der Waals surface area (Å²) < 4.78 is 0. The van der Waals surface area contributed by atoms with Gasteiger partial charge in [0.05, 0.1) is 6.10 Å². The van der Waals surface area contributed by atoms with Crippen LogP contribution in [0.3, 0.4) is 0 Å². The molecule has 1 aliphatic rings. The maximum atomic E-state index is 10.3. The lowest BCUT2D eigenvalue weighted by molar-refractivity contribution is -0.0158. The molecule has 3 atom stereocenters. The molecule has 2 rings (SSSR count). The number of hydrogen-bond acceptors (Lipinski definition) is 2. The summed E-state index contributed by atoms with van der Waals surface area (Å²) in [5.41, 5.74) is 1.70. The first-order valence-electron chi connectivity index (χ1n) is 7.18. The van der Waals surface area contributed by atoms with Gasteiger partial charge in [-0.1, -0.05) is 27.2 Å². The minimum absolute atomic E-state index is 0.0915. The summed E-state index contributed by atoms with van der Waals surface area (Å²) in [6.07, 6.45) is 5.70. The molecule has 0 bridgehead atoms. The summed E-state index contributed by atoms with van der Waals surface area (Å²) in [5.74, 6) is 1.18. The largest absolute Gasteiger partial charge is 0.393 e. The van der Waals surface area contributed by atoms with Gasteiger partial charge in [0, 0.05) is 0 Å². The van der Waals surface area contributed by atoms with Crippen molar-refractivity contribution in [2.45, 2.75) is 59.0 Å². The molecule has 1 aromatic heterocycles. The summed E-state index contributed by atoms with van der Waals surface area (Å²) in [6.45, 7) is 6.93. The van der Waals surface area contributed by atoms with E-state index in [0.717, 1.165) is 12.8 Å². The van der Waals surface area contributed by atoms with E-state index < -0.39 is 0 Å². The Morgan fingerprint density at radius 1 is 1.39 bits per heavy atom. The van der Waals surface area contributed by atoms with Crippen molar-refractivity contribution in [2.24, 2.45) is 17.3 Å². The van der Waals surface area contributed by atoms with Crippen LogP contribution in [0, 0.1) is 17.3 Å². The predicted octanol–water partition coefficient (Wildman–Crippen LogP) is 4.50. The zero-order valence-electron chi connectivity index (χ0n) is 11.9. The van der Waals surface area contributed by atoms with Crippen LogP contribution in [0.1, 0.15) is 52.0 Å². The fraction of sp³-hybridized carbons (Fsp3) is 0.750. The molecule has 3 unspecified atom stereocenters. The van der Waals surface area contributed by atoms with Crippen LogP contribution in [0.25, 0.3) is 0 Å². The van der Waals surface area contributed by atoms with Crippen LogP contribution in [-0.4, -0.2) is 11.2 Å². The van der Waals surface area contributed by atoms with Crippen molar-refractivity contribution in [3.05, 3.63) is 22.4 Å². The van der Waals surface area contributed by atoms with Gasteiger partial charge in [-0.25, -0.2) is 0 Å². The van der Waals surface area contributed by atoms with Gasteiger partial charge in [0.25, 0.3) is 0 Å². The van der Waals surface area contributed by atoms with Gasteiger partial charge in [-0.2, -0.15) is 11.3 Å². The third-order valence-corrected chi connectivity index (χ3v) is 5.45. The first-order chi connectivity index (χ1) is 8.49. The third kappa shape index (κ3) is 3.36. The maximum Gasteiger partial charge on any atom is 0.0576 e. The second-order valence-corrected chi connectivity index (χ2v) is 7.49. The van der Waals surface area contributed by atoms with Crippen LogP contribution in [0.15, 0.2) is 16.8 Å². The van der Waals surface area contributed by atoms with Crippen LogP contribution >= 0.6 is 11.3 Å². The smallest absolute Gasteiger partial charge is 0.0576 e. The monoisotopic (exact) mass is 266 g/mol. The highest BCUT2D eigenvalue weighted by molar-refractivity contribution is 7.07. The van der Waals surface area contributed by atoms with Gasteiger partial charge in [0.2, 0.25) is 0 Å². The Kier molecular flexibility index (Phi) is 4.50. The Balaban J connectivity index is 1.93. The fourth-order valence-corrected chi connectivity index (χ4v) is 4.05. The number of aryl methyl sites for hydroxylation is 1. The first kappa shape index (κ1) is 14.1. The van der Waals surface area contributed by atoms with E-state index in [-0.39, 0.29) is 11.5 Å². The molecule has 1 N–H and O–H groups in total. The lowest BCUT2D eigenvalue weighted by Crippen LogP contribution is -2.38. The molecular weight excluding hydrogens is 240 g/mol. The molecular formula is C16H26OS. The Morgan fingerprint density at radius 3 is 2.78 bits per heavy atom. The quantitative estimate of drug-likeness (QED) is 0.850. The van der Waals surface area contributed by atoms with E-state index >= 15 is 0 Å². The van der Waals surface area contributed by atoms with E-state index in [0.29, 0.717) is 11.8 Å². The van der Waals surface area contributed by atoms with Crippen molar-refractivity contribution in [2.75, 3.05) is 0 Å². The summed E-state index contributed by atoms with van der Waals surface area (Å²) in [6, 6.07) is 2.22. The van der Waals surface area contributed by atoms with Crippen molar-refractivity contribution in [1.29, 1.82) is 0 Å². The molecule has 0 amide bonds. The van der Waals surface area contributed by atoms with Gasteiger partial charge in [-0.3, -0.25) is 0 Å². The molecule has 0 radical (unpaired) electrons. The number of aliphatic hydroxyl groups excluding tert-OH is 1. The molecule has 102 valence electrons. The standard InChI is InChI=1S/C16H26OS/c1-12-4-5-14(15(17)10-12)16(2,3)8-6-13-7-9-18-11-13/h7,9,11-12,14-15,17H,4-6,8,10H2,1-3H3. The first-order valence-corrected chi connectivity index (χ1v) is 8.12. The lowest BCUT2D eigenvalue weighted by Gasteiger charge is -2.42. The van der Waals surface area contributed by atoms with Crippen molar-refractivity contribution >= 4 is 11.3 Å². The minimum Gasteiger partial charge on any atom is -0.393 e. The SMILES string of the molecule is CC1CCC(C(C)(C)CCc2ccsc2)C(O)C1. The van der Waals surface area contributed by atoms with E-state index in [1.54, 1.807) is 11.3 Å². The van der Waals surface area contributed by atoms with Crippen molar-refractivity contribution in [1.82, 2.24) is 0 Å². The van der Waals surface area contributed by atoms with Gasteiger partial charge >= 0.3 is 0 Å². The molecule has 0 aromatic carbocycles. The van der Waals surface area contributed by atoms with Gasteiger partial charge in [0.1, 0.15) is 0 Å². The Bertz CT molecular complexity index is 355. The number of aliphatic hydroxyl groups is 1. The van der Waals surface area contributed by atoms with Crippen LogP contribution in [0.5, 0.6) is 0 Å². The molecule has 1 fully saturated rings. The molecule has 18 heavy (non-hydrogen) atoms. The Labute approximate surface area is 115 Å². The molecule has 1 saturated carbocycles. The fourth-order valence-electron chi connectivity index (χ4n) is 3.35. The van der Waals surface area contributed by atoms with E-state index in [1.807, 2.05) is 0 Å². The van der Waals surface area contributed by atoms with Crippen molar-refractivity contribution in [3.8, 4) is 0 Å². The molecule has 0 aliphatic heterocycles. The summed E-state index contributed by atoms with van der Waals surface area (Å²) in [4.78, 5) is 0. The van der Waals surface area contributed by atoms with E-state index in [4.69, 9.17) is 0 Å². The zero-order valence-corrected chi connectivity index (χ0v) is 12.7. The minimum atomic E-state index is -0.0915. The molecule has 1 heterocycles. The molecule has 2 heteroatoms. The number of thiophene rings is 1. The second-order valence-electron chi connectivity index (χ2n) is 6.71. The highest BCUT2D eigenvalue weighted by Crippen LogP contribution is 2.42. The normalized spacial score (nSPS) is 29.4. The van der Waals surface area contributed by atoms with E-state index in [1.165, 1.54) is 24.8 Å². The summed E-state index contributed by atoms with van der Waals surface area (Å²) in [7, 11) is 0. The summed E-state index contributed by atoms with van der Waals surface area (Å²) >= 11 is 1.78. The van der Waals surface area contributed by atoms with Crippen LogP contribution in [-0.2, 0) is 6.42 Å². The highest BCUT2D eigenvalue weighted by atomic mass is 32.1. The maximum absolute atomic E-state index is 10.3. The van der Waals surface area contributed by atoms with Crippen LogP contribution in [0.2, 0.25) is 0 Å².